The van der Waals surface area contributed by atoms with E-state index in [1.807, 2.05) is 0 Å². The Bertz CT molecular complexity index is 663. The number of rotatable bonds is 3. The lowest BCUT2D eigenvalue weighted by Crippen LogP contribution is -2.18. The summed E-state index contributed by atoms with van der Waals surface area (Å²) < 4.78 is 28.0. The lowest BCUT2D eigenvalue weighted by molar-refractivity contribution is 0.578. The maximum Gasteiger partial charge on any atom is 0.283 e. The maximum absolute atomic E-state index is 12.1. The molecule has 0 fully saturated rings. The summed E-state index contributed by atoms with van der Waals surface area (Å²) in [5.41, 5.74) is 0.720. The van der Waals surface area contributed by atoms with Crippen LogP contribution in [0.1, 0.15) is 5.69 Å². The van der Waals surface area contributed by atoms with Crippen LogP contribution in [0.15, 0.2) is 27.8 Å². The average Bonchev–Trinajstić information content (AvgIpc) is 2.58. The molecule has 2 aromatic rings. The first-order valence-corrected chi connectivity index (χ1v) is 7.19. The number of aromatic nitrogens is 4. The van der Waals surface area contributed by atoms with Crippen LogP contribution in [0.4, 0.5) is 5.82 Å². The van der Waals surface area contributed by atoms with Crippen LogP contribution in [-0.2, 0) is 17.1 Å². The highest BCUT2D eigenvalue weighted by atomic mass is 79.9. The van der Waals surface area contributed by atoms with Gasteiger partial charge >= 0.3 is 0 Å². The van der Waals surface area contributed by atoms with E-state index in [0.29, 0.717) is 0 Å². The zero-order valence-electron chi connectivity index (χ0n) is 9.62. The number of halogens is 1. The Labute approximate surface area is 112 Å². The van der Waals surface area contributed by atoms with E-state index >= 15 is 0 Å². The highest BCUT2D eigenvalue weighted by Crippen LogP contribution is 2.20. The monoisotopic (exact) mass is 331 g/mol. The van der Waals surface area contributed by atoms with Gasteiger partial charge in [-0.2, -0.15) is 8.42 Å². The van der Waals surface area contributed by atoms with E-state index in [0.717, 1.165) is 5.69 Å². The quantitative estimate of drug-likeness (QED) is 0.908. The van der Waals surface area contributed by atoms with Crippen LogP contribution >= 0.6 is 15.9 Å². The SMILES string of the molecule is Cc1cccc(NS(=O)(=O)c2c(Br)nnn2C)n1. The number of aryl methyl sites for hydroxylation is 2. The molecule has 0 amide bonds. The zero-order chi connectivity index (χ0) is 13.3. The van der Waals surface area contributed by atoms with Crippen molar-refractivity contribution in [2.75, 3.05) is 4.72 Å². The molecule has 9 heteroatoms. The summed E-state index contributed by atoms with van der Waals surface area (Å²) in [6, 6.07) is 5.07. The van der Waals surface area contributed by atoms with Gasteiger partial charge in [0.2, 0.25) is 5.03 Å². The van der Waals surface area contributed by atoms with Crippen molar-refractivity contribution in [3.05, 3.63) is 28.5 Å². The third-order valence-electron chi connectivity index (χ3n) is 2.12. The second-order valence-electron chi connectivity index (χ2n) is 3.58. The first kappa shape index (κ1) is 13.0. The van der Waals surface area contributed by atoms with Gasteiger partial charge < -0.3 is 0 Å². The molecule has 0 aliphatic heterocycles. The minimum absolute atomic E-state index is 0.0502. The third kappa shape index (κ3) is 2.51. The van der Waals surface area contributed by atoms with Crippen molar-refractivity contribution < 1.29 is 8.42 Å². The first-order chi connectivity index (χ1) is 8.40. The van der Waals surface area contributed by atoms with Gasteiger partial charge in [-0.15, -0.1) is 5.10 Å². The Balaban J connectivity index is 2.39. The van der Waals surface area contributed by atoms with E-state index in [1.165, 1.54) is 11.7 Å². The molecule has 2 heterocycles. The summed E-state index contributed by atoms with van der Waals surface area (Å²) in [7, 11) is -2.27. The fourth-order valence-electron chi connectivity index (χ4n) is 1.39. The predicted molar refractivity (Wildman–Crippen MR) is 68.5 cm³/mol. The van der Waals surface area contributed by atoms with Gasteiger partial charge in [0.25, 0.3) is 10.0 Å². The standard InChI is InChI=1S/C9H10BrN5O2S/c1-6-4-3-5-7(11-6)13-18(16,17)9-8(10)12-14-15(9)2/h3-5H,1-2H3,(H,11,13). The van der Waals surface area contributed by atoms with Gasteiger partial charge in [-0.25, -0.2) is 9.67 Å². The molecule has 2 aromatic heterocycles. The van der Waals surface area contributed by atoms with Gasteiger partial charge in [0.05, 0.1) is 0 Å². The molecule has 0 saturated carbocycles. The second kappa shape index (κ2) is 4.65. The molecule has 0 saturated heterocycles. The van der Waals surface area contributed by atoms with Crippen LogP contribution in [0.3, 0.4) is 0 Å². The molecule has 96 valence electrons. The number of sulfonamides is 1. The molecule has 2 rings (SSSR count). The van der Waals surface area contributed by atoms with Crippen molar-refractivity contribution in [3.63, 3.8) is 0 Å². The molecule has 7 nitrogen and oxygen atoms in total. The molecule has 0 unspecified atom stereocenters. The van der Waals surface area contributed by atoms with Gasteiger partial charge in [-0.1, -0.05) is 11.3 Å². The number of hydrogen-bond acceptors (Lipinski definition) is 5. The molecule has 0 spiro atoms. The van der Waals surface area contributed by atoms with Crippen molar-refractivity contribution in [2.45, 2.75) is 11.9 Å². The molecule has 0 aliphatic rings. The van der Waals surface area contributed by atoms with E-state index in [-0.39, 0.29) is 15.4 Å². The first-order valence-electron chi connectivity index (χ1n) is 4.92. The van der Waals surface area contributed by atoms with Gasteiger partial charge in [0.15, 0.2) is 4.60 Å². The Morgan fingerprint density at radius 1 is 1.39 bits per heavy atom. The van der Waals surface area contributed by atoms with Gasteiger partial charge in [0.1, 0.15) is 5.82 Å². The number of pyridine rings is 1. The largest absolute Gasteiger partial charge is 0.283 e. The van der Waals surface area contributed by atoms with E-state index in [2.05, 4.69) is 35.9 Å². The summed E-state index contributed by atoms with van der Waals surface area (Å²) in [6.07, 6.45) is 0. The molecule has 18 heavy (non-hydrogen) atoms. The van der Waals surface area contributed by atoms with Crippen molar-refractivity contribution in [2.24, 2.45) is 7.05 Å². The number of hydrogen-bond donors (Lipinski definition) is 1. The molecular formula is C9H10BrN5O2S. The third-order valence-corrected chi connectivity index (χ3v) is 4.36. The molecule has 0 atom stereocenters. The molecule has 0 bridgehead atoms. The van der Waals surface area contributed by atoms with Crippen molar-refractivity contribution >= 4 is 31.8 Å². The Kier molecular flexibility index (Phi) is 3.35. The van der Waals surface area contributed by atoms with Crippen LogP contribution in [0.25, 0.3) is 0 Å². The van der Waals surface area contributed by atoms with Crippen molar-refractivity contribution in [1.29, 1.82) is 0 Å². The Morgan fingerprint density at radius 3 is 2.67 bits per heavy atom. The molecule has 0 radical (unpaired) electrons. The highest BCUT2D eigenvalue weighted by Gasteiger charge is 2.24. The smallest absolute Gasteiger partial charge is 0.262 e. The normalized spacial score (nSPS) is 11.5. The molecule has 1 N–H and O–H groups in total. The molecule has 0 aromatic carbocycles. The van der Waals surface area contributed by atoms with Gasteiger partial charge in [0, 0.05) is 12.7 Å². The fraction of sp³-hybridized carbons (Fsp3) is 0.222. The summed E-state index contributed by atoms with van der Waals surface area (Å²) in [6.45, 7) is 1.78. The van der Waals surface area contributed by atoms with E-state index in [4.69, 9.17) is 0 Å². The van der Waals surface area contributed by atoms with Crippen LogP contribution in [0.5, 0.6) is 0 Å². The van der Waals surface area contributed by atoms with Gasteiger partial charge in [-0.3, -0.25) is 4.72 Å². The van der Waals surface area contributed by atoms with E-state index < -0.39 is 10.0 Å². The van der Waals surface area contributed by atoms with Crippen LogP contribution in [0, 0.1) is 6.92 Å². The Morgan fingerprint density at radius 2 is 2.11 bits per heavy atom. The fourth-order valence-corrected chi connectivity index (χ4v) is 3.49. The predicted octanol–water partition coefficient (Wildman–Crippen LogP) is 1.08. The average molecular weight is 332 g/mol. The van der Waals surface area contributed by atoms with Crippen LogP contribution in [-0.4, -0.2) is 28.4 Å². The molecular weight excluding hydrogens is 322 g/mol. The second-order valence-corrected chi connectivity index (χ2v) is 5.93. The Hall–Kier alpha value is -1.48. The lowest BCUT2D eigenvalue weighted by atomic mass is 10.4. The topological polar surface area (TPSA) is 89.8 Å². The number of anilines is 1. The highest BCUT2D eigenvalue weighted by molar-refractivity contribution is 9.10. The summed E-state index contributed by atoms with van der Waals surface area (Å²) in [4.78, 5) is 4.07. The summed E-state index contributed by atoms with van der Waals surface area (Å²) >= 11 is 3.05. The lowest BCUT2D eigenvalue weighted by Gasteiger charge is -2.07. The van der Waals surface area contributed by atoms with Crippen molar-refractivity contribution in [3.8, 4) is 0 Å². The number of nitrogens with one attached hydrogen (secondary N) is 1. The number of nitrogens with zero attached hydrogens (tertiary/aromatic N) is 4. The summed E-state index contributed by atoms with van der Waals surface area (Å²) in [5.74, 6) is 0.253. The van der Waals surface area contributed by atoms with Gasteiger partial charge in [-0.05, 0) is 35.0 Å². The molecule has 0 aliphatic carbocycles. The zero-order valence-corrected chi connectivity index (χ0v) is 12.0. The van der Waals surface area contributed by atoms with Crippen LogP contribution in [0.2, 0.25) is 0 Å². The van der Waals surface area contributed by atoms with Crippen molar-refractivity contribution in [1.82, 2.24) is 20.0 Å². The maximum atomic E-state index is 12.1. The van der Waals surface area contributed by atoms with E-state index in [9.17, 15) is 8.42 Å². The summed E-state index contributed by atoms with van der Waals surface area (Å²) in [5, 5.41) is 7.20. The van der Waals surface area contributed by atoms with Crippen LogP contribution < -0.4 is 4.72 Å². The van der Waals surface area contributed by atoms with E-state index in [1.54, 1.807) is 25.1 Å². The minimum atomic E-state index is -3.77. The minimum Gasteiger partial charge on any atom is -0.262 e.